The fraction of sp³-hybridized carbons (Fsp3) is 0.938. The van der Waals surface area contributed by atoms with Crippen LogP contribution < -0.4 is 0 Å². The lowest BCUT2D eigenvalue weighted by molar-refractivity contribution is -0.0412. The Hall–Kier alpha value is -0.540. The smallest absolute Gasteiger partial charge is 0.259 e. The maximum atomic E-state index is 9.09. The standard InChI is InChI=1S/C48H95N2O4P/c1-7-9-11-13-15-17-19-21-22-23-24-25-26-27-28-29-31-33-35-37-41-51-44-48(45-54-55(53-43-39-40-49)50(46(3)4)47(5)6)52-42-38-36-34-32-30-20-18-16-14-12-10-8-2/h21-22,46-48H,7-20,23-39,41-45H2,1-6H3/b22-21-. The summed E-state index contributed by atoms with van der Waals surface area (Å²) in [5.74, 6) is 0. The quantitative estimate of drug-likeness (QED) is 0.0347. The van der Waals surface area contributed by atoms with Gasteiger partial charge in [0.05, 0.1) is 32.3 Å². The second kappa shape index (κ2) is 44.6. The Kier molecular flexibility index (Phi) is 44.1. The van der Waals surface area contributed by atoms with Crippen LogP contribution in [0.2, 0.25) is 0 Å². The Bertz CT molecular complexity index is 812. The second-order valence-electron chi connectivity index (χ2n) is 16.7. The Morgan fingerprint density at radius 2 is 0.891 bits per heavy atom. The van der Waals surface area contributed by atoms with E-state index in [1.165, 1.54) is 180 Å². The average molecular weight is 795 g/mol. The van der Waals surface area contributed by atoms with E-state index in [-0.39, 0.29) is 18.2 Å². The summed E-state index contributed by atoms with van der Waals surface area (Å²) in [5.41, 5.74) is 0. The van der Waals surface area contributed by atoms with Crippen LogP contribution in [0.5, 0.6) is 0 Å². The highest BCUT2D eigenvalue weighted by Crippen LogP contribution is 2.46. The monoisotopic (exact) mass is 795 g/mol. The van der Waals surface area contributed by atoms with Crippen molar-refractivity contribution in [1.29, 1.82) is 5.26 Å². The first-order valence-electron chi connectivity index (χ1n) is 24.0. The van der Waals surface area contributed by atoms with E-state index >= 15 is 0 Å². The Labute approximate surface area is 346 Å². The fourth-order valence-electron chi connectivity index (χ4n) is 7.17. The highest BCUT2D eigenvalue weighted by molar-refractivity contribution is 7.44. The van der Waals surface area contributed by atoms with Gasteiger partial charge >= 0.3 is 0 Å². The van der Waals surface area contributed by atoms with Crippen LogP contribution >= 0.6 is 8.53 Å². The minimum Gasteiger partial charge on any atom is -0.379 e. The normalized spacial score (nSPS) is 13.2. The van der Waals surface area contributed by atoms with Crippen molar-refractivity contribution in [3.05, 3.63) is 12.2 Å². The van der Waals surface area contributed by atoms with Crippen LogP contribution in [0.3, 0.4) is 0 Å². The summed E-state index contributed by atoms with van der Waals surface area (Å²) < 4.78 is 27.4. The molecule has 2 atom stereocenters. The predicted molar refractivity (Wildman–Crippen MR) is 241 cm³/mol. The third kappa shape index (κ3) is 38.7. The molecule has 0 bridgehead atoms. The number of rotatable bonds is 45. The predicted octanol–water partition coefficient (Wildman–Crippen LogP) is 16.0. The Morgan fingerprint density at radius 3 is 1.31 bits per heavy atom. The average Bonchev–Trinajstić information content (AvgIpc) is 3.16. The molecule has 2 unspecified atom stereocenters. The van der Waals surface area contributed by atoms with Crippen molar-refractivity contribution in [1.82, 2.24) is 4.67 Å². The van der Waals surface area contributed by atoms with Crippen LogP contribution in [-0.2, 0) is 18.5 Å². The molecule has 0 saturated carbocycles. The molecule has 0 aliphatic rings. The molecular weight excluding hydrogens is 700 g/mol. The van der Waals surface area contributed by atoms with Gasteiger partial charge in [-0.2, -0.15) is 5.26 Å². The van der Waals surface area contributed by atoms with Gasteiger partial charge in [0.15, 0.2) is 0 Å². The number of unbranched alkanes of at least 4 members (excludes halogenated alkanes) is 27. The number of hydrogen-bond acceptors (Lipinski definition) is 6. The molecule has 0 aliphatic heterocycles. The first-order chi connectivity index (χ1) is 27.0. The molecule has 326 valence electrons. The lowest BCUT2D eigenvalue weighted by Crippen LogP contribution is -2.35. The summed E-state index contributed by atoms with van der Waals surface area (Å²) in [5, 5.41) is 9.09. The van der Waals surface area contributed by atoms with Crippen LogP contribution in [-0.4, -0.2) is 55.9 Å². The SMILES string of the molecule is CCCCCCCC/C=C\CCCCCCCCCCCCOCC(COP(OCCC#N)N(C(C)C)C(C)C)OCCCCCCCCCCCCCC. The van der Waals surface area contributed by atoms with Crippen molar-refractivity contribution in [3.63, 3.8) is 0 Å². The maximum Gasteiger partial charge on any atom is 0.259 e. The lowest BCUT2D eigenvalue weighted by atomic mass is 10.1. The highest BCUT2D eigenvalue weighted by atomic mass is 31.2. The van der Waals surface area contributed by atoms with Crippen LogP contribution in [0.15, 0.2) is 12.2 Å². The molecule has 0 fully saturated rings. The Morgan fingerprint density at radius 1 is 0.491 bits per heavy atom. The summed E-state index contributed by atoms with van der Waals surface area (Å²) in [4.78, 5) is 0. The van der Waals surface area contributed by atoms with Gasteiger partial charge < -0.3 is 18.5 Å². The minimum atomic E-state index is -1.28. The fourth-order valence-corrected chi connectivity index (χ4v) is 8.81. The first-order valence-corrected chi connectivity index (χ1v) is 25.2. The largest absolute Gasteiger partial charge is 0.379 e. The molecule has 0 radical (unpaired) electrons. The highest BCUT2D eigenvalue weighted by Gasteiger charge is 2.28. The molecule has 0 heterocycles. The van der Waals surface area contributed by atoms with E-state index < -0.39 is 8.53 Å². The number of nitrogens with zero attached hydrogens (tertiary/aromatic N) is 2. The van der Waals surface area contributed by atoms with Crippen molar-refractivity contribution in [2.75, 3.05) is 33.0 Å². The summed E-state index contributed by atoms with van der Waals surface area (Å²) >= 11 is 0. The molecule has 0 amide bonds. The van der Waals surface area contributed by atoms with Gasteiger partial charge in [0.2, 0.25) is 0 Å². The first kappa shape index (κ1) is 54.5. The van der Waals surface area contributed by atoms with Gasteiger partial charge in [0, 0.05) is 25.3 Å². The number of hydrogen-bond donors (Lipinski definition) is 0. The third-order valence-electron chi connectivity index (χ3n) is 10.5. The van der Waals surface area contributed by atoms with Gasteiger partial charge in [0.1, 0.15) is 6.10 Å². The van der Waals surface area contributed by atoms with E-state index in [4.69, 9.17) is 23.8 Å². The molecule has 55 heavy (non-hydrogen) atoms. The Balaban J connectivity index is 4.29. The van der Waals surface area contributed by atoms with Gasteiger partial charge in [-0.05, 0) is 66.2 Å². The molecule has 0 aromatic carbocycles. The van der Waals surface area contributed by atoms with Crippen molar-refractivity contribution in [2.24, 2.45) is 0 Å². The van der Waals surface area contributed by atoms with E-state index in [1.807, 2.05) is 0 Å². The zero-order valence-corrected chi connectivity index (χ0v) is 38.7. The number of ether oxygens (including phenoxy) is 2. The summed E-state index contributed by atoms with van der Waals surface area (Å²) in [6, 6.07) is 2.76. The maximum absolute atomic E-state index is 9.09. The summed E-state index contributed by atoms with van der Waals surface area (Å²) in [6.07, 6.45) is 45.4. The van der Waals surface area contributed by atoms with E-state index in [9.17, 15) is 0 Å². The molecule has 0 spiro atoms. The summed E-state index contributed by atoms with van der Waals surface area (Å²) in [6.45, 7) is 16.2. The van der Waals surface area contributed by atoms with E-state index in [1.54, 1.807) is 0 Å². The van der Waals surface area contributed by atoms with E-state index in [0.29, 0.717) is 26.2 Å². The number of allylic oxidation sites excluding steroid dienone is 2. The van der Waals surface area contributed by atoms with Gasteiger partial charge in [-0.3, -0.25) is 0 Å². The van der Waals surface area contributed by atoms with Crippen LogP contribution in [0.4, 0.5) is 0 Å². The molecular formula is C48H95N2O4P. The van der Waals surface area contributed by atoms with Crippen LogP contribution in [0.1, 0.15) is 241 Å². The van der Waals surface area contributed by atoms with Crippen molar-refractivity contribution in [3.8, 4) is 6.07 Å². The van der Waals surface area contributed by atoms with Gasteiger partial charge in [-0.1, -0.05) is 180 Å². The van der Waals surface area contributed by atoms with E-state index in [2.05, 4.69) is 64.4 Å². The molecule has 0 rings (SSSR count). The molecule has 7 heteroatoms. The molecule has 0 saturated heterocycles. The molecule has 0 aliphatic carbocycles. The number of nitriles is 1. The van der Waals surface area contributed by atoms with Crippen molar-refractivity contribution < 1.29 is 18.5 Å². The van der Waals surface area contributed by atoms with Crippen molar-refractivity contribution in [2.45, 2.75) is 259 Å². The third-order valence-corrected chi connectivity index (χ3v) is 12.6. The topological polar surface area (TPSA) is 64.0 Å². The lowest BCUT2D eigenvalue weighted by Gasteiger charge is -2.36. The minimum absolute atomic E-state index is 0.112. The van der Waals surface area contributed by atoms with Crippen LogP contribution in [0.25, 0.3) is 0 Å². The molecule has 0 N–H and O–H groups in total. The second-order valence-corrected chi connectivity index (χ2v) is 18.1. The zero-order chi connectivity index (χ0) is 40.3. The van der Waals surface area contributed by atoms with Crippen molar-refractivity contribution >= 4 is 8.53 Å². The van der Waals surface area contributed by atoms with Gasteiger partial charge in [-0.15, -0.1) is 0 Å². The molecule has 6 nitrogen and oxygen atoms in total. The van der Waals surface area contributed by atoms with E-state index in [0.717, 1.165) is 26.1 Å². The van der Waals surface area contributed by atoms with Gasteiger partial charge in [-0.25, -0.2) is 4.67 Å². The summed E-state index contributed by atoms with van der Waals surface area (Å²) in [7, 11) is -1.28. The molecule has 0 aromatic rings. The van der Waals surface area contributed by atoms with Crippen LogP contribution in [0, 0.1) is 11.3 Å². The van der Waals surface area contributed by atoms with Gasteiger partial charge in [0.25, 0.3) is 8.53 Å². The zero-order valence-electron chi connectivity index (χ0n) is 37.8. The molecule has 0 aromatic heterocycles.